The molecule has 1 aliphatic rings. The van der Waals surface area contributed by atoms with Gasteiger partial charge in [0.05, 0.1) is 11.3 Å². The molecule has 6 nitrogen and oxygen atoms in total. The van der Waals surface area contributed by atoms with E-state index < -0.39 is 34.4 Å². The van der Waals surface area contributed by atoms with Crippen molar-refractivity contribution in [1.29, 1.82) is 0 Å². The number of hydrogen-bond acceptors (Lipinski definition) is 4. The highest BCUT2D eigenvalue weighted by molar-refractivity contribution is 7.88. The predicted octanol–water partition coefficient (Wildman–Crippen LogP) is 1.54. The molecular formula is C13H12F2N2O4S. The highest BCUT2D eigenvalue weighted by atomic mass is 32.2. The molecule has 1 aromatic rings. The first-order valence-corrected chi connectivity index (χ1v) is 7.48. The molecule has 0 amide bonds. The van der Waals surface area contributed by atoms with E-state index in [4.69, 9.17) is 4.74 Å². The minimum atomic E-state index is -3.83. The van der Waals surface area contributed by atoms with Crippen LogP contribution in [0.25, 0.3) is 0 Å². The monoisotopic (exact) mass is 330 g/mol. The number of benzene rings is 1. The smallest absolute Gasteiger partial charge is 0.344 e. The molecule has 9 heteroatoms. The molecule has 0 radical (unpaired) electrons. The molecule has 0 saturated carbocycles. The van der Waals surface area contributed by atoms with Gasteiger partial charge in [-0.15, -0.1) is 4.40 Å². The number of rotatable bonds is 3. The average molecular weight is 330 g/mol. The number of nitrogens with zero attached hydrogens (tertiary/aromatic N) is 2. The maximum Gasteiger partial charge on any atom is 0.344 e. The number of ether oxygens (including phenoxy) is 1. The molecule has 2 rings (SSSR count). The molecule has 1 heterocycles. The molecule has 1 aromatic carbocycles. The summed E-state index contributed by atoms with van der Waals surface area (Å²) < 4.78 is 58.4. The minimum absolute atomic E-state index is 0.0391. The van der Waals surface area contributed by atoms with Gasteiger partial charge in [0.15, 0.2) is 0 Å². The van der Waals surface area contributed by atoms with E-state index in [1.165, 1.54) is 14.0 Å². The van der Waals surface area contributed by atoms with Crippen molar-refractivity contribution in [3.8, 4) is 0 Å². The summed E-state index contributed by atoms with van der Waals surface area (Å²) in [6.07, 6.45) is 1.06. The van der Waals surface area contributed by atoms with Crippen molar-refractivity contribution in [3.63, 3.8) is 0 Å². The first-order valence-electron chi connectivity index (χ1n) is 6.08. The van der Waals surface area contributed by atoms with Gasteiger partial charge in [-0.05, 0) is 25.1 Å². The van der Waals surface area contributed by atoms with Gasteiger partial charge in [-0.3, -0.25) is 4.31 Å². The summed E-state index contributed by atoms with van der Waals surface area (Å²) in [7, 11) is -2.62. The molecule has 22 heavy (non-hydrogen) atoms. The van der Waals surface area contributed by atoms with E-state index in [1.807, 2.05) is 0 Å². The van der Waals surface area contributed by atoms with E-state index in [2.05, 4.69) is 4.40 Å². The van der Waals surface area contributed by atoms with Gasteiger partial charge in [-0.1, -0.05) is 0 Å². The van der Waals surface area contributed by atoms with E-state index in [9.17, 15) is 22.0 Å². The third-order valence-electron chi connectivity index (χ3n) is 2.90. The van der Waals surface area contributed by atoms with Gasteiger partial charge in [0.2, 0.25) is 0 Å². The Hall–Kier alpha value is -2.29. The Morgan fingerprint density at radius 1 is 1.36 bits per heavy atom. The third-order valence-corrected chi connectivity index (χ3v) is 4.24. The Balaban J connectivity index is 2.14. The van der Waals surface area contributed by atoms with Crippen LogP contribution in [0.15, 0.2) is 34.4 Å². The molecule has 0 fully saturated rings. The lowest BCUT2D eigenvalue weighted by molar-refractivity contribution is -0.139. The molecule has 0 bridgehead atoms. The Labute approximate surface area is 125 Å². The number of hydrogen-bond donors (Lipinski definition) is 0. The highest BCUT2D eigenvalue weighted by Gasteiger charge is 2.26. The summed E-state index contributed by atoms with van der Waals surface area (Å²) in [6, 6.07) is 2.78. The SMILES string of the molecule is CC1=NS(=O)(=O)N(C)C=C1C(=O)OCc1cc(F)ccc1F. The second-order valence-corrected chi connectivity index (χ2v) is 6.18. The molecule has 118 valence electrons. The lowest BCUT2D eigenvalue weighted by atomic mass is 10.2. The van der Waals surface area contributed by atoms with Gasteiger partial charge < -0.3 is 4.74 Å². The summed E-state index contributed by atoms with van der Waals surface area (Å²) in [5.74, 6) is -2.25. The van der Waals surface area contributed by atoms with Crippen molar-refractivity contribution >= 4 is 21.9 Å². The van der Waals surface area contributed by atoms with Crippen LogP contribution in [-0.4, -0.2) is 31.5 Å². The van der Waals surface area contributed by atoms with Crippen LogP contribution in [0, 0.1) is 11.6 Å². The van der Waals surface area contributed by atoms with Gasteiger partial charge >= 0.3 is 16.2 Å². The zero-order valence-corrected chi connectivity index (χ0v) is 12.5. The van der Waals surface area contributed by atoms with Crippen molar-refractivity contribution in [2.24, 2.45) is 4.40 Å². The third kappa shape index (κ3) is 3.30. The predicted molar refractivity (Wildman–Crippen MR) is 74.0 cm³/mol. The van der Waals surface area contributed by atoms with Crippen molar-refractivity contribution in [1.82, 2.24) is 4.31 Å². The molecule has 0 N–H and O–H groups in total. The molecule has 0 atom stereocenters. The first kappa shape index (κ1) is 16.1. The Kier molecular flexibility index (Phi) is 4.27. The van der Waals surface area contributed by atoms with Gasteiger partial charge in [0, 0.05) is 18.8 Å². The number of esters is 1. The Morgan fingerprint density at radius 3 is 2.73 bits per heavy atom. The standard InChI is InChI=1S/C13H12F2N2O4S/c1-8-11(6-17(2)22(19,20)16-8)13(18)21-7-9-5-10(14)3-4-12(9)15/h3-6H,7H2,1-2H3. The maximum atomic E-state index is 13.4. The second kappa shape index (κ2) is 5.84. The van der Waals surface area contributed by atoms with Crippen molar-refractivity contribution in [2.75, 3.05) is 7.05 Å². The molecule has 0 aromatic heterocycles. The molecule has 0 unspecified atom stereocenters. The minimum Gasteiger partial charge on any atom is -0.457 e. The summed E-state index contributed by atoms with van der Waals surface area (Å²) >= 11 is 0. The number of carbonyl (C=O) groups is 1. The average Bonchev–Trinajstić information content (AvgIpc) is 2.43. The molecule has 1 aliphatic heterocycles. The summed E-state index contributed by atoms with van der Waals surface area (Å²) in [6.45, 7) is 0.851. The van der Waals surface area contributed by atoms with Crippen LogP contribution in [0.1, 0.15) is 12.5 Å². The zero-order chi connectivity index (χ0) is 16.5. The Bertz CT molecular complexity index is 787. The lowest BCUT2D eigenvalue weighted by Gasteiger charge is -2.19. The molecule has 0 saturated heterocycles. The van der Waals surface area contributed by atoms with Gasteiger partial charge in [-0.25, -0.2) is 13.6 Å². The van der Waals surface area contributed by atoms with E-state index in [-0.39, 0.29) is 16.8 Å². The van der Waals surface area contributed by atoms with Crippen molar-refractivity contribution < 1.29 is 26.7 Å². The fourth-order valence-corrected chi connectivity index (χ4v) is 2.52. The van der Waals surface area contributed by atoms with E-state index >= 15 is 0 Å². The number of halogens is 2. The number of carbonyl (C=O) groups excluding carboxylic acids is 1. The van der Waals surface area contributed by atoms with E-state index in [1.54, 1.807) is 0 Å². The van der Waals surface area contributed by atoms with E-state index in [0.29, 0.717) is 0 Å². The molecule has 0 aliphatic carbocycles. The van der Waals surface area contributed by atoms with Crippen LogP contribution in [0.4, 0.5) is 8.78 Å². The molecule has 0 spiro atoms. The summed E-state index contributed by atoms with van der Waals surface area (Å²) in [5, 5.41) is 0. The van der Waals surface area contributed by atoms with Crippen molar-refractivity contribution in [2.45, 2.75) is 13.5 Å². The fraction of sp³-hybridized carbons (Fsp3) is 0.231. The van der Waals surface area contributed by atoms with E-state index in [0.717, 1.165) is 28.7 Å². The van der Waals surface area contributed by atoms with Crippen LogP contribution in [0.5, 0.6) is 0 Å². The highest BCUT2D eigenvalue weighted by Crippen LogP contribution is 2.17. The lowest BCUT2D eigenvalue weighted by Crippen LogP contribution is -2.29. The van der Waals surface area contributed by atoms with Crippen LogP contribution in [-0.2, 0) is 26.3 Å². The Morgan fingerprint density at radius 2 is 2.05 bits per heavy atom. The molecular weight excluding hydrogens is 318 g/mol. The van der Waals surface area contributed by atoms with Crippen LogP contribution >= 0.6 is 0 Å². The zero-order valence-electron chi connectivity index (χ0n) is 11.7. The topological polar surface area (TPSA) is 76.0 Å². The summed E-state index contributed by atoms with van der Waals surface area (Å²) in [4.78, 5) is 11.9. The van der Waals surface area contributed by atoms with Gasteiger partial charge in [-0.2, -0.15) is 8.42 Å². The largest absolute Gasteiger partial charge is 0.457 e. The first-order chi connectivity index (χ1) is 10.2. The summed E-state index contributed by atoms with van der Waals surface area (Å²) in [5.41, 5.74) is -0.239. The normalized spacial score (nSPS) is 16.8. The second-order valence-electron chi connectivity index (χ2n) is 4.53. The quantitative estimate of drug-likeness (QED) is 0.788. The van der Waals surface area contributed by atoms with Crippen LogP contribution in [0.3, 0.4) is 0 Å². The van der Waals surface area contributed by atoms with Gasteiger partial charge in [0.1, 0.15) is 18.2 Å². The maximum absolute atomic E-state index is 13.4. The van der Waals surface area contributed by atoms with Crippen molar-refractivity contribution in [3.05, 3.63) is 47.2 Å². The fourth-order valence-electron chi connectivity index (χ4n) is 1.70. The van der Waals surface area contributed by atoms with Crippen LogP contribution < -0.4 is 0 Å². The van der Waals surface area contributed by atoms with Crippen LogP contribution in [0.2, 0.25) is 0 Å². The van der Waals surface area contributed by atoms with Gasteiger partial charge in [0.25, 0.3) is 0 Å².